The Labute approximate surface area is 191 Å². The Bertz CT molecular complexity index is 1250. The van der Waals surface area contributed by atoms with Crippen LogP contribution in [-0.4, -0.2) is 34.1 Å². The van der Waals surface area contributed by atoms with Crippen molar-refractivity contribution in [3.63, 3.8) is 0 Å². The number of rotatable bonds is 6. The van der Waals surface area contributed by atoms with Crippen molar-refractivity contribution in [3.8, 4) is 11.5 Å². The molecule has 1 aliphatic rings. The molecule has 0 unspecified atom stereocenters. The highest BCUT2D eigenvalue weighted by Gasteiger charge is 2.28. The minimum atomic E-state index is -4.03. The number of benzene rings is 3. The molecule has 0 radical (unpaired) electrons. The molecule has 0 atom stereocenters. The molecule has 0 saturated heterocycles. The monoisotopic (exact) mass is 472 g/mol. The van der Waals surface area contributed by atoms with Gasteiger partial charge in [0.1, 0.15) is 19.8 Å². The van der Waals surface area contributed by atoms with Crippen LogP contribution in [0.3, 0.4) is 0 Å². The number of anilines is 2. The molecule has 4 rings (SSSR count). The van der Waals surface area contributed by atoms with Crippen molar-refractivity contribution in [2.75, 3.05) is 29.4 Å². The summed E-state index contributed by atoms with van der Waals surface area (Å²) in [5, 5.41) is 3.10. The summed E-state index contributed by atoms with van der Waals surface area (Å²) in [6, 6.07) is 17.9. The molecule has 1 heterocycles. The quantitative estimate of drug-likeness (QED) is 0.579. The molecule has 0 bridgehead atoms. The Hall–Kier alpha value is -3.23. The fraction of sp³-hybridized carbons (Fsp3) is 0.174. The van der Waals surface area contributed by atoms with Crippen LogP contribution in [0.2, 0.25) is 5.02 Å². The van der Waals surface area contributed by atoms with Gasteiger partial charge in [-0.15, -0.1) is 0 Å². The summed E-state index contributed by atoms with van der Waals surface area (Å²) in [6.45, 7) is 2.20. The number of amides is 1. The van der Waals surface area contributed by atoms with Crippen LogP contribution < -0.4 is 19.1 Å². The Balaban J connectivity index is 1.65. The van der Waals surface area contributed by atoms with Gasteiger partial charge < -0.3 is 14.8 Å². The van der Waals surface area contributed by atoms with Gasteiger partial charge in [0.25, 0.3) is 10.0 Å². The van der Waals surface area contributed by atoms with Crippen molar-refractivity contribution in [1.82, 2.24) is 0 Å². The standard InChI is InChI=1S/C23H21ClN2O5S/c1-16-7-8-17(24)13-20(16)26(32(28,29)19-5-3-2-4-6-19)15-23(27)25-18-9-10-21-22(14-18)31-12-11-30-21/h2-10,13-14H,11-12,15H2,1H3,(H,25,27). The molecular formula is C23H21ClN2O5S. The second kappa shape index (κ2) is 9.10. The summed E-state index contributed by atoms with van der Waals surface area (Å²) in [5.41, 5.74) is 1.47. The molecule has 32 heavy (non-hydrogen) atoms. The molecule has 0 aliphatic carbocycles. The van der Waals surface area contributed by atoms with E-state index in [-0.39, 0.29) is 4.90 Å². The highest BCUT2D eigenvalue weighted by molar-refractivity contribution is 7.92. The number of carbonyl (C=O) groups excluding carboxylic acids is 1. The van der Waals surface area contributed by atoms with Crippen molar-refractivity contribution in [2.45, 2.75) is 11.8 Å². The smallest absolute Gasteiger partial charge is 0.264 e. The number of hydrogen-bond donors (Lipinski definition) is 1. The SMILES string of the molecule is Cc1ccc(Cl)cc1N(CC(=O)Nc1ccc2c(c1)OCCO2)S(=O)(=O)c1ccccc1. The molecule has 1 N–H and O–H groups in total. The summed E-state index contributed by atoms with van der Waals surface area (Å²) in [4.78, 5) is 13.0. The van der Waals surface area contributed by atoms with Gasteiger partial charge in [-0.05, 0) is 48.9 Å². The van der Waals surface area contributed by atoms with Crippen LogP contribution >= 0.6 is 11.6 Å². The van der Waals surface area contributed by atoms with Gasteiger partial charge in [0.05, 0.1) is 10.6 Å². The van der Waals surface area contributed by atoms with Crippen molar-refractivity contribution < 1.29 is 22.7 Å². The lowest BCUT2D eigenvalue weighted by Gasteiger charge is -2.26. The van der Waals surface area contributed by atoms with Crippen LogP contribution in [-0.2, 0) is 14.8 Å². The second-order valence-electron chi connectivity index (χ2n) is 7.16. The summed E-state index contributed by atoms with van der Waals surface area (Å²) in [5.74, 6) is 0.603. The van der Waals surface area contributed by atoms with E-state index in [4.69, 9.17) is 21.1 Å². The number of fused-ring (bicyclic) bond motifs is 1. The number of hydrogen-bond acceptors (Lipinski definition) is 5. The normalized spacial score (nSPS) is 12.8. The summed E-state index contributed by atoms with van der Waals surface area (Å²) < 4.78 is 39.0. The molecule has 0 spiro atoms. The maximum absolute atomic E-state index is 13.4. The van der Waals surface area contributed by atoms with E-state index in [1.165, 1.54) is 18.2 Å². The zero-order valence-corrected chi connectivity index (χ0v) is 18.8. The molecule has 166 valence electrons. The molecule has 1 amide bonds. The van der Waals surface area contributed by atoms with Gasteiger partial charge in [0.2, 0.25) is 5.91 Å². The van der Waals surface area contributed by atoms with Crippen molar-refractivity contribution in [3.05, 3.63) is 77.3 Å². The third kappa shape index (κ3) is 4.66. The Morgan fingerprint density at radius 3 is 2.47 bits per heavy atom. The predicted molar refractivity (Wildman–Crippen MR) is 123 cm³/mol. The van der Waals surface area contributed by atoms with Gasteiger partial charge in [0.15, 0.2) is 11.5 Å². The molecule has 7 nitrogen and oxygen atoms in total. The number of carbonyl (C=O) groups is 1. The van der Waals surface area contributed by atoms with E-state index in [0.717, 1.165) is 4.31 Å². The first-order valence-electron chi connectivity index (χ1n) is 9.88. The lowest BCUT2D eigenvalue weighted by Crippen LogP contribution is -2.38. The fourth-order valence-corrected chi connectivity index (χ4v) is 4.99. The summed E-state index contributed by atoms with van der Waals surface area (Å²) in [7, 11) is -4.03. The number of sulfonamides is 1. The zero-order valence-electron chi connectivity index (χ0n) is 17.2. The molecular weight excluding hydrogens is 452 g/mol. The zero-order chi connectivity index (χ0) is 22.7. The minimum absolute atomic E-state index is 0.0755. The van der Waals surface area contributed by atoms with Gasteiger partial charge in [-0.2, -0.15) is 0 Å². The highest BCUT2D eigenvalue weighted by atomic mass is 35.5. The first-order chi connectivity index (χ1) is 15.3. The van der Waals surface area contributed by atoms with Crippen molar-refractivity contribution >= 4 is 38.9 Å². The molecule has 9 heteroatoms. The topological polar surface area (TPSA) is 84.9 Å². The third-order valence-electron chi connectivity index (χ3n) is 4.88. The molecule has 0 fully saturated rings. The average Bonchev–Trinajstić information content (AvgIpc) is 2.79. The first-order valence-corrected chi connectivity index (χ1v) is 11.7. The highest BCUT2D eigenvalue weighted by Crippen LogP contribution is 2.33. The molecule has 0 aromatic heterocycles. The van der Waals surface area contributed by atoms with Crippen LogP contribution in [0.25, 0.3) is 0 Å². The number of nitrogens with zero attached hydrogens (tertiary/aromatic N) is 1. The Kier molecular flexibility index (Phi) is 6.25. The summed E-state index contributed by atoms with van der Waals surface area (Å²) in [6.07, 6.45) is 0. The lowest BCUT2D eigenvalue weighted by atomic mass is 10.2. The van der Waals surface area contributed by atoms with E-state index in [1.807, 2.05) is 0 Å². The molecule has 3 aromatic carbocycles. The van der Waals surface area contributed by atoms with E-state index in [9.17, 15) is 13.2 Å². The maximum atomic E-state index is 13.4. The maximum Gasteiger partial charge on any atom is 0.264 e. The summed E-state index contributed by atoms with van der Waals surface area (Å²) >= 11 is 6.14. The van der Waals surface area contributed by atoms with Crippen molar-refractivity contribution in [1.29, 1.82) is 0 Å². The number of aryl methyl sites for hydroxylation is 1. The predicted octanol–water partition coefficient (Wildman–Crippen LogP) is 4.25. The Morgan fingerprint density at radius 2 is 1.72 bits per heavy atom. The van der Waals surface area contributed by atoms with Crippen LogP contribution in [0.5, 0.6) is 11.5 Å². The average molecular weight is 473 g/mol. The largest absolute Gasteiger partial charge is 0.486 e. The van der Waals surface area contributed by atoms with Crippen LogP contribution in [0.4, 0.5) is 11.4 Å². The lowest BCUT2D eigenvalue weighted by molar-refractivity contribution is -0.114. The fourth-order valence-electron chi connectivity index (χ4n) is 3.32. The number of nitrogens with one attached hydrogen (secondary N) is 1. The molecule has 0 saturated carbocycles. The van der Waals surface area contributed by atoms with Crippen molar-refractivity contribution in [2.24, 2.45) is 0 Å². The first kappa shape index (κ1) is 22.0. The molecule has 1 aliphatic heterocycles. The van der Waals surface area contributed by atoms with Crippen LogP contribution in [0, 0.1) is 6.92 Å². The van der Waals surface area contributed by atoms with Gasteiger partial charge in [0, 0.05) is 16.8 Å². The van der Waals surface area contributed by atoms with E-state index in [1.54, 1.807) is 55.5 Å². The van der Waals surface area contributed by atoms with E-state index in [2.05, 4.69) is 5.32 Å². The number of halogens is 1. The molecule has 3 aromatic rings. The third-order valence-corrected chi connectivity index (χ3v) is 6.89. The van der Waals surface area contributed by atoms with Gasteiger partial charge in [-0.1, -0.05) is 35.9 Å². The van der Waals surface area contributed by atoms with Gasteiger partial charge in [-0.25, -0.2) is 8.42 Å². The van der Waals surface area contributed by atoms with Crippen LogP contribution in [0.1, 0.15) is 5.56 Å². The van der Waals surface area contributed by atoms with Gasteiger partial charge in [-0.3, -0.25) is 9.10 Å². The van der Waals surface area contributed by atoms with Crippen LogP contribution in [0.15, 0.2) is 71.6 Å². The minimum Gasteiger partial charge on any atom is -0.486 e. The van der Waals surface area contributed by atoms with E-state index < -0.39 is 22.5 Å². The Morgan fingerprint density at radius 1 is 1.00 bits per heavy atom. The van der Waals surface area contributed by atoms with E-state index in [0.29, 0.717) is 46.7 Å². The number of ether oxygens (including phenoxy) is 2. The second-order valence-corrected chi connectivity index (χ2v) is 9.46. The van der Waals surface area contributed by atoms with E-state index >= 15 is 0 Å². The van der Waals surface area contributed by atoms with Gasteiger partial charge >= 0.3 is 0 Å².